The molecule has 2 saturated heterocycles. The highest BCUT2D eigenvalue weighted by Gasteiger charge is 2.46. The molecule has 39 heavy (non-hydrogen) atoms. The fourth-order valence-corrected chi connectivity index (χ4v) is 5.90. The Hall–Kier alpha value is -2.46. The highest BCUT2D eigenvalue weighted by atomic mass is 35.5. The third-order valence-corrected chi connectivity index (χ3v) is 8.29. The smallest absolute Gasteiger partial charge is 0.410 e. The molecule has 1 saturated carbocycles. The van der Waals surface area contributed by atoms with Gasteiger partial charge in [0.15, 0.2) is 11.0 Å². The van der Waals surface area contributed by atoms with E-state index in [4.69, 9.17) is 21.1 Å². The van der Waals surface area contributed by atoms with Gasteiger partial charge in [-0.2, -0.15) is 9.97 Å². The Morgan fingerprint density at radius 3 is 2.56 bits per heavy atom. The van der Waals surface area contributed by atoms with Crippen LogP contribution < -0.4 is 9.64 Å². The van der Waals surface area contributed by atoms with Gasteiger partial charge in [-0.15, -0.1) is 0 Å². The number of pyridine rings is 1. The summed E-state index contributed by atoms with van der Waals surface area (Å²) in [6.45, 7) is 10.3. The van der Waals surface area contributed by atoms with Gasteiger partial charge in [0.25, 0.3) is 0 Å². The first-order chi connectivity index (χ1) is 18.3. The first kappa shape index (κ1) is 28.1. The average Bonchev–Trinajstić information content (AvgIpc) is 3.63. The van der Waals surface area contributed by atoms with Crippen molar-refractivity contribution in [3.63, 3.8) is 0 Å². The number of hydrogen-bond acceptors (Lipinski definition) is 8. The Balaban J connectivity index is 1.26. The number of aliphatic hydroxyl groups is 1. The van der Waals surface area contributed by atoms with Gasteiger partial charge < -0.3 is 24.4 Å². The zero-order chi connectivity index (χ0) is 28.0. The molecule has 0 unspecified atom stereocenters. The van der Waals surface area contributed by atoms with Gasteiger partial charge in [0.05, 0.1) is 17.6 Å². The van der Waals surface area contributed by atoms with Crippen molar-refractivity contribution < 1.29 is 23.8 Å². The van der Waals surface area contributed by atoms with Crippen LogP contribution in [0.3, 0.4) is 0 Å². The lowest BCUT2D eigenvalue weighted by Crippen LogP contribution is -2.46. The van der Waals surface area contributed by atoms with Crippen molar-refractivity contribution in [1.82, 2.24) is 19.9 Å². The monoisotopic (exact) mass is 563 g/mol. The predicted octanol–water partition coefficient (Wildman–Crippen LogP) is 5.36. The van der Waals surface area contributed by atoms with Crippen LogP contribution in [0, 0.1) is 17.2 Å². The number of aromatic nitrogens is 3. The maximum atomic E-state index is 15.0. The summed E-state index contributed by atoms with van der Waals surface area (Å²) >= 11 is 5.98. The molecule has 1 aliphatic carbocycles. The maximum absolute atomic E-state index is 15.0. The molecule has 2 aromatic rings. The number of carbonyl (C=O) groups is 1. The van der Waals surface area contributed by atoms with E-state index in [-0.39, 0.29) is 28.2 Å². The Bertz CT molecular complexity index is 1220. The highest BCUT2D eigenvalue weighted by Crippen LogP contribution is 2.52. The van der Waals surface area contributed by atoms with E-state index in [2.05, 4.69) is 15.0 Å². The van der Waals surface area contributed by atoms with Crippen molar-refractivity contribution in [1.29, 1.82) is 0 Å². The molecule has 4 heterocycles. The second-order valence-electron chi connectivity index (χ2n) is 12.9. The Kier molecular flexibility index (Phi) is 7.56. The summed E-state index contributed by atoms with van der Waals surface area (Å²) < 4.78 is 26.7. The van der Waals surface area contributed by atoms with Crippen molar-refractivity contribution in [3.05, 3.63) is 17.2 Å². The van der Waals surface area contributed by atoms with E-state index in [9.17, 15) is 9.90 Å². The Morgan fingerprint density at radius 2 is 1.92 bits per heavy atom. The molecule has 0 aromatic carbocycles. The summed E-state index contributed by atoms with van der Waals surface area (Å²) in [5.74, 6) is 0.294. The molecule has 3 fully saturated rings. The van der Waals surface area contributed by atoms with E-state index >= 15 is 4.39 Å². The minimum absolute atomic E-state index is 0.0421. The molecule has 0 radical (unpaired) electrons. The van der Waals surface area contributed by atoms with Crippen LogP contribution in [0.25, 0.3) is 10.9 Å². The van der Waals surface area contributed by atoms with Gasteiger partial charge >= 0.3 is 12.1 Å². The largest absolute Gasteiger partial charge is 0.463 e. The van der Waals surface area contributed by atoms with Crippen molar-refractivity contribution in [2.75, 3.05) is 37.7 Å². The fraction of sp³-hybridized carbons (Fsp3) is 0.714. The van der Waals surface area contributed by atoms with Crippen molar-refractivity contribution in [2.24, 2.45) is 11.3 Å². The van der Waals surface area contributed by atoms with Gasteiger partial charge in [0.1, 0.15) is 16.9 Å². The summed E-state index contributed by atoms with van der Waals surface area (Å²) in [7, 11) is 0. The zero-order valence-electron chi connectivity index (χ0n) is 23.3. The van der Waals surface area contributed by atoms with E-state index < -0.39 is 17.0 Å². The van der Waals surface area contributed by atoms with E-state index in [1.54, 1.807) is 11.8 Å². The molecule has 2 aliphatic heterocycles. The van der Waals surface area contributed by atoms with Crippen molar-refractivity contribution >= 4 is 34.4 Å². The first-order valence-corrected chi connectivity index (χ1v) is 14.3. The van der Waals surface area contributed by atoms with Gasteiger partial charge in [-0.3, -0.25) is 0 Å². The number of likely N-dealkylation sites (tertiary alicyclic amines) is 1. The van der Waals surface area contributed by atoms with E-state index in [1.807, 2.05) is 25.7 Å². The molecule has 1 atom stereocenters. The van der Waals surface area contributed by atoms with Crippen molar-refractivity contribution in [2.45, 2.75) is 83.8 Å². The molecular formula is C28H39ClFN5O4. The molecule has 11 heteroatoms. The first-order valence-electron chi connectivity index (χ1n) is 13.9. The van der Waals surface area contributed by atoms with E-state index in [0.717, 1.165) is 38.5 Å². The van der Waals surface area contributed by atoms with Crippen LogP contribution in [-0.4, -0.2) is 75.0 Å². The Labute approximate surface area is 234 Å². The molecule has 1 N–H and O–H groups in total. The fourth-order valence-electron chi connectivity index (χ4n) is 5.77. The van der Waals surface area contributed by atoms with Crippen LogP contribution in [0.5, 0.6) is 6.01 Å². The molecular weight excluding hydrogens is 525 g/mol. The van der Waals surface area contributed by atoms with Crippen LogP contribution in [0.15, 0.2) is 6.20 Å². The van der Waals surface area contributed by atoms with Crippen LogP contribution >= 0.6 is 11.6 Å². The minimum Gasteiger partial charge on any atom is -0.463 e. The molecule has 3 aliphatic rings. The molecule has 2 aromatic heterocycles. The predicted molar refractivity (Wildman–Crippen MR) is 147 cm³/mol. The second-order valence-corrected chi connectivity index (χ2v) is 13.2. The van der Waals surface area contributed by atoms with Gasteiger partial charge in [0.2, 0.25) is 0 Å². The molecule has 0 bridgehead atoms. The minimum atomic E-state index is -0.869. The third-order valence-electron chi connectivity index (χ3n) is 8.03. The molecule has 5 rings (SSSR count). The molecule has 1 amide bonds. The number of carbonyl (C=O) groups excluding carboxylic acids is 1. The number of amides is 1. The summed E-state index contributed by atoms with van der Waals surface area (Å²) in [4.78, 5) is 29.2. The quantitative estimate of drug-likeness (QED) is 0.468. The number of nitrogens with zero attached hydrogens (tertiary/aromatic N) is 5. The molecule has 0 spiro atoms. The Morgan fingerprint density at radius 1 is 1.21 bits per heavy atom. The lowest BCUT2D eigenvalue weighted by atomic mass is 9.86. The SMILES string of the molecule is CC(C)(C)OC(=O)N1CCC(CC2(COc3nc(N4CCC[C@@](C)(O)C4)c4cnc(Cl)c(F)c4n3)CC2)CC1. The third kappa shape index (κ3) is 6.65. The number of β-amino-alcohol motifs (C(OH)–C–C–N with tert-alkyl or cyclic N) is 1. The second kappa shape index (κ2) is 10.5. The van der Waals surface area contributed by atoms with E-state index in [0.29, 0.717) is 56.3 Å². The average molecular weight is 564 g/mol. The van der Waals surface area contributed by atoms with Crippen LogP contribution in [-0.2, 0) is 4.74 Å². The molecule has 214 valence electrons. The summed E-state index contributed by atoms with van der Waals surface area (Å²) in [6.07, 6.45) is 7.70. The van der Waals surface area contributed by atoms with Gasteiger partial charge in [-0.05, 0) is 78.6 Å². The number of rotatable bonds is 6. The number of fused-ring (bicyclic) bond motifs is 1. The number of ether oxygens (including phenoxy) is 2. The number of hydrogen-bond donors (Lipinski definition) is 1. The summed E-state index contributed by atoms with van der Waals surface area (Å²) in [5.41, 5.74) is -1.25. The lowest BCUT2D eigenvalue weighted by Gasteiger charge is -2.37. The van der Waals surface area contributed by atoms with Crippen LogP contribution in [0.2, 0.25) is 5.15 Å². The summed E-state index contributed by atoms with van der Waals surface area (Å²) in [6, 6.07) is 0.106. The maximum Gasteiger partial charge on any atom is 0.410 e. The van der Waals surface area contributed by atoms with Gasteiger partial charge in [-0.25, -0.2) is 14.2 Å². The summed E-state index contributed by atoms with van der Waals surface area (Å²) in [5, 5.41) is 10.9. The van der Waals surface area contributed by atoms with E-state index in [1.165, 1.54) is 6.20 Å². The number of piperidine rings is 2. The number of halogens is 2. The highest BCUT2D eigenvalue weighted by molar-refractivity contribution is 6.30. The van der Waals surface area contributed by atoms with Crippen LogP contribution in [0.4, 0.5) is 15.0 Å². The number of anilines is 1. The topological polar surface area (TPSA) is 101 Å². The standard InChI is InChI=1S/C28H39ClFN5O4/c1-26(2,3)39-25(36)34-12-6-18(7-13-34)14-28(9-10-28)17-38-24-32-21-19(15-31-22(29)20(21)30)23(33-24)35-11-5-8-27(4,37)16-35/h15,18,37H,5-14,16-17H2,1-4H3/t27-/m1/s1. The lowest BCUT2D eigenvalue weighted by molar-refractivity contribution is 0.0169. The zero-order valence-corrected chi connectivity index (χ0v) is 24.1. The molecule has 9 nitrogen and oxygen atoms in total. The van der Waals surface area contributed by atoms with Gasteiger partial charge in [-0.1, -0.05) is 11.6 Å². The van der Waals surface area contributed by atoms with Crippen LogP contribution in [0.1, 0.15) is 72.6 Å². The van der Waals surface area contributed by atoms with Crippen molar-refractivity contribution in [3.8, 4) is 6.01 Å². The van der Waals surface area contributed by atoms with Gasteiger partial charge in [0, 0.05) is 37.8 Å². The normalized spacial score (nSPS) is 23.7.